The molecule has 2 heterocycles. The number of aromatic nitrogens is 4. The molecule has 8 nitrogen and oxygen atoms in total. The largest absolute Gasteiger partial charge is 0.438 e. The van der Waals surface area contributed by atoms with E-state index in [1.165, 1.54) is 0 Å². The number of anilines is 1. The summed E-state index contributed by atoms with van der Waals surface area (Å²) in [5.41, 5.74) is 7.39. The summed E-state index contributed by atoms with van der Waals surface area (Å²) < 4.78 is 6.05. The van der Waals surface area contributed by atoms with Gasteiger partial charge in [0.2, 0.25) is 5.88 Å². The summed E-state index contributed by atoms with van der Waals surface area (Å²) in [4.78, 5) is 17.5. The Hall–Kier alpha value is -3.57. The Kier molecular flexibility index (Phi) is 5.71. The summed E-state index contributed by atoms with van der Waals surface area (Å²) in [6, 6.07) is 8.94. The number of ether oxygens (including phenoxy) is 1. The molecule has 0 fully saturated rings. The molecule has 3 rings (SSSR count). The molecular weight excluding hydrogens is 366 g/mol. The van der Waals surface area contributed by atoms with Crippen LogP contribution in [0, 0.1) is 18.3 Å². The first-order valence-electron chi connectivity index (χ1n) is 9.14. The maximum Gasteiger partial charge on any atom is 0.224 e. The molecule has 0 amide bonds. The molecule has 29 heavy (non-hydrogen) atoms. The summed E-state index contributed by atoms with van der Waals surface area (Å²) in [7, 11) is 0. The van der Waals surface area contributed by atoms with Gasteiger partial charge in [0.25, 0.3) is 0 Å². The molecule has 3 N–H and O–H groups in total. The van der Waals surface area contributed by atoms with E-state index in [0.717, 1.165) is 5.56 Å². The molecule has 0 aliphatic carbocycles. The number of nitriles is 1. The van der Waals surface area contributed by atoms with Crippen molar-refractivity contribution in [1.29, 1.82) is 5.26 Å². The van der Waals surface area contributed by atoms with E-state index < -0.39 is 0 Å². The van der Waals surface area contributed by atoms with Gasteiger partial charge < -0.3 is 15.8 Å². The Morgan fingerprint density at radius 3 is 2.48 bits per heavy atom. The van der Waals surface area contributed by atoms with E-state index in [1.54, 1.807) is 43.6 Å². The molecule has 3 aromatic rings. The predicted octanol–water partition coefficient (Wildman–Crippen LogP) is 3.58. The van der Waals surface area contributed by atoms with Crippen LogP contribution < -0.4 is 15.8 Å². The number of hydrogen-bond donors (Lipinski definition) is 2. The van der Waals surface area contributed by atoms with Crippen LogP contribution in [0.1, 0.15) is 37.7 Å². The third-order valence-corrected chi connectivity index (χ3v) is 3.82. The van der Waals surface area contributed by atoms with E-state index in [-0.39, 0.29) is 5.54 Å². The first-order valence-corrected chi connectivity index (χ1v) is 9.14. The van der Waals surface area contributed by atoms with Gasteiger partial charge in [-0.3, -0.25) is 0 Å². The van der Waals surface area contributed by atoms with E-state index in [0.29, 0.717) is 46.8 Å². The maximum absolute atomic E-state index is 9.29. The zero-order chi connectivity index (χ0) is 21.0. The average molecular weight is 389 g/mol. The quantitative estimate of drug-likeness (QED) is 0.679. The van der Waals surface area contributed by atoms with Gasteiger partial charge >= 0.3 is 0 Å². The number of hydrogen-bond acceptors (Lipinski definition) is 8. The standard InChI is InChI=1S/C21H23N7O/c1-13-26-18(28-21(2,3)4)8-19(27-13)29-17-7-14(9-22)5-6-16(17)20-24-11-15(10-23)12-25-20/h5-8,11-12H,10,23H2,1-4H3,(H,26,27,28). The zero-order valence-electron chi connectivity index (χ0n) is 16.9. The molecule has 2 aromatic heterocycles. The number of aryl methyl sites for hydroxylation is 1. The van der Waals surface area contributed by atoms with Crippen LogP contribution in [0.15, 0.2) is 36.7 Å². The van der Waals surface area contributed by atoms with Crippen molar-refractivity contribution in [3.05, 3.63) is 53.6 Å². The van der Waals surface area contributed by atoms with Gasteiger partial charge in [-0.2, -0.15) is 10.2 Å². The number of nitrogens with zero attached hydrogens (tertiary/aromatic N) is 5. The molecule has 0 spiro atoms. The van der Waals surface area contributed by atoms with Gasteiger partial charge in [-0.15, -0.1) is 0 Å². The first-order chi connectivity index (χ1) is 13.8. The second-order valence-electron chi connectivity index (χ2n) is 7.56. The maximum atomic E-state index is 9.29. The minimum absolute atomic E-state index is 0.164. The minimum atomic E-state index is -0.164. The van der Waals surface area contributed by atoms with E-state index in [2.05, 4.69) is 31.3 Å². The van der Waals surface area contributed by atoms with Crippen LogP contribution in [0.5, 0.6) is 11.6 Å². The molecular formula is C21H23N7O. The predicted molar refractivity (Wildman–Crippen MR) is 110 cm³/mol. The van der Waals surface area contributed by atoms with Crippen molar-refractivity contribution < 1.29 is 4.74 Å². The van der Waals surface area contributed by atoms with Crippen molar-refractivity contribution in [3.8, 4) is 29.1 Å². The second kappa shape index (κ2) is 8.20. The zero-order valence-corrected chi connectivity index (χ0v) is 16.9. The summed E-state index contributed by atoms with van der Waals surface area (Å²) >= 11 is 0. The Balaban J connectivity index is 2.01. The van der Waals surface area contributed by atoms with Crippen LogP contribution in [0.4, 0.5) is 5.82 Å². The van der Waals surface area contributed by atoms with Crippen LogP contribution in [0.25, 0.3) is 11.4 Å². The van der Waals surface area contributed by atoms with Gasteiger partial charge in [-0.25, -0.2) is 15.0 Å². The summed E-state index contributed by atoms with van der Waals surface area (Å²) in [6.45, 7) is 8.29. The molecule has 0 aliphatic rings. The Bertz CT molecular complexity index is 1050. The van der Waals surface area contributed by atoms with Crippen molar-refractivity contribution in [2.45, 2.75) is 39.8 Å². The van der Waals surface area contributed by atoms with Crippen LogP contribution in [0.3, 0.4) is 0 Å². The number of rotatable bonds is 5. The van der Waals surface area contributed by atoms with Crippen LogP contribution >= 0.6 is 0 Å². The van der Waals surface area contributed by atoms with Crippen LogP contribution in [-0.2, 0) is 6.54 Å². The third kappa shape index (κ3) is 5.24. The highest BCUT2D eigenvalue weighted by Crippen LogP contribution is 2.32. The molecule has 0 aliphatic heterocycles. The van der Waals surface area contributed by atoms with Crippen LogP contribution in [-0.4, -0.2) is 25.5 Å². The molecule has 1 aromatic carbocycles. The van der Waals surface area contributed by atoms with Gasteiger partial charge in [0.15, 0.2) is 5.82 Å². The minimum Gasteiger partial charge on any atom is -0.438 e. The van der Waals surface area contributed by atoms with Gasteiger partial charge in [-0.05, 0) is 45.9 Å². The Labute approximate surface area is 169 Å². The van der Waals surface area contributed by atoms with Crippen molar-refractivity contribution in [2.75, 3.05) is 5.32 Å². The van der Waals surface area contributed by atoms with E-state index >= 15 is 0 Å². The van der Waals surface area contributed by atoms with Crippen molar-refractivity contribution in [3.63, 3.8) is 0 Å². The molecule has 0 radical (unpaired) electrons. The van der Waals surface area contributed by atoms with Gasteiger partial charge in [-0.1, -0.05) is 0 Å². The highest BCUT2D eigenvalue weighted by atomic mass is 16.5. The molecule has 0 saturated carbocycles. The Morgan fingerprint density at radius 2 is 1.86 bits per heavy atom. The smallest absolute Gasteiger partial charge is 0.224 e. The molecule has 8 heteroatoms. The summed E-state index contributed by atoms with van der Waals surface area (Å²) in [6.07, 6.45) is 3.34. The fraction of sp³-hybridized carbons (Fsp3) is 0.286. The molecule has 0 unspecified atom stereocenters. The molecule has 0 bridgehead atoms. The van der Waals surface area contributed by atoms with Gasteiger partial charge in [0.05, 0.1) is 17.2 Å². The fourth-order valence-electron chi connectivity index (χ4n) is 2.61. The van der Waals surface area contributed by atoms with Gasteiger partial charge in [0, 0.05) is 36.1 Å². The van der Waals surface area contributed by atoms with Crippen molar-refractivity contribution in [1.82, 2.24) is 19.9 Å². The Morgan fingerprint density at radius 1 is 1.14 bits per heavy atom. The number of benzene rings is 1. The lowest BCUT2D eigenvalue weighted by atomic mass is 10.1. The molecule has 0 atom stereocenters. The highest BCUT2D eigenvalue weighted by Gasteiger charge is 2.15. The first kappa shape index (κ1) is 20.2. The monoisotopic (exact) mass is 389 g/mol. The SMILES string of the molecule is Cc1nc(NC(C)(C)C)cc(Oc2cc(C#N)ccc2-c2ncc(CN)cn2)n1. The summed E-state index contributed by atoms with van der Waals surface area (Å²) in [5, 5.41) is 12.6. The highest BCUT2D eigenvalue weighted by molar-refractivity contribution is 5.66. The van der Waals surface area contributed by atoms with E-state index in [1.807, 2.05) is 20.8 Å². The number of nitrogens with two attached hydrogens (primary N) is 1. The molecule has 0 saturated heterocycles. The molecule has 148 valence electrons. The third-order valence-electron chi connectivity index (χ3n) is 3.82. The average Bonchev–Trinajstić information content (AvgIpc) is 2.66. The van der Waals surface area contributed by atoms with Crippen molar-refractivity contribution in [2.24, 2.45) is 5.73 Å². The second-order valence-corrected chi connectivity index (χ2v) is 7.56. The summed E-state index contributed by atoms with van der Waals surface area (Å²) in [5.74, 6) is 2.49. The van der Waals surface area contributed by atoms with E-state index in [9.17, 15) is 5.26 Å². The normalized spacial score (nSPS) is 11.0. The topological polar surface area (TPSA) is 123 Å². The van der Waals surface area contributed by atoms with Crippen LogP contribution in [0.2, 0.25) is 0 Å². The van der Waals surface area contributed by atoms with Gasteiger partial charge in [0.1, 0.15) is 17.4 Å². The lowest BCUT2D eigenvalue weighted by molar-refractivity contribution is 0.461. The van der Waals surface area contributed by atoms with E-state index in [4.69, 9.17) is 10.5 Å². The lowest BCUT2D eigenvalue weighted by Crippen LogP contribution is -2.26. The number of nitrogens with one attached hydrogen (secondary N) is 1. The lowest BCUT2D eigenvalue weighted by Gasteiger charge is -2.21. The van der Waals surface area contributed by atoms with Crippen molar-refractivity contribution >= 4 is 5.82 Å². The fourth-order valence-corrected chi connectivity index (χ4v) is 2.61.